The van der Waals surface area contributed by atoms with E-state index < -0.39 is 17.6 Å². The summed E-state index contributed by atoms with van der Waals surface area (Å²) in [6, 6.07) is 16.2. The summed E-state index contributed by atoms with van der Waals surface area (Å²) in [5.41, 5.74) is 7.85. The molecule has 1 fully saturated rings. The van der Waals surface area contributed by atoms with E-state index in [2.05, 4.69) is 20.6 Å². The van der Waals surface area contributed by atoms with Crippen LogP contribution in [0, 0.1) is 0 Å². The monoisotopic (exact) mass is 530 g/mol. The maximum Gasteiger partial charge on any atom is 0.410 e. The molecule has 39 heavy (non-hydrogen) atoms. The minimum Gasteiger partial charge on any atom is -0.444 e. The first-order valence-corrected chi connectivity index (χ1v) is 12.9. The van der Waals surface area contributed by atoms with Gasteiger partial charge in [-0.3, -0.25) is 9.59 Å². The second-order valence-electron chi connectivity index (χ2n) is 10.6. The van der Waals surface area contributed by atoms with Crippen molar-refractivity contribution in [2.45, 2.75) is 51.8 Å². The highest BCUT2D eigenvalue weighted by atomic mass is 16.6. The predicted molar refractivity (Wildman–Crippen MR) is 148 cm³/mol. The van der Waals surface area contributed by atoms with Gasteiger partial charge >= 0.3 is 6.09 Å². The lowest BCUT2D eigenvalue weighted by atomic mass is 10.1. The lowest BCUT2D eigenvalue weighted by Crippen LogP contribution is -2.40. The number of nitrogens with one attached hydrogen (secondary N) is 2. The summed E-state index contributed by atoms with van der Waals surface area (Å²) >= 11 is 0. The highest BCUT2D eigenvalue weighted by Crippen LogP contribution is 2.22. The van der Waals surface area contributed by atoms with Gasteiger partial charge in [0.1, 0.15) is 5.60 Å². The highest BCUT2D eigenvalue weighted by molar-refractivity contribution is 5.98. The maximum absolute atomic E-state index is 13.0. The summed E-state index contributed by atoms with van der Waals surface area (Å²) in [5.74, 6) is -0.724. The number of nitrogens with two attached hydrogens (primary N) is 1. The zero-order chi connectivity index (χ0) is 28.2. The molecule has 0 saturated carbocycles. The van der Waals surface area contributed by atoms with E-state index in [1.807, 2.05) is 58.0 Å². The van der Waals surface area contributed by atoms with Gasteiger partial charge in [-0.15, -0.1) is 0 Å². The Morgan fingerprint density at radius 1 is 1.08 bits per heavy atom. The summed E-state index contributed by atoms with van der Waals surface area (Å²) < 4.78 is 5.42. The van der Waals surface area contributed by atoms with Crippen LogP contribution in [-0.4, -0.2) is 57.5 Å². The van der Waals surface area contributed by atoms with Crippen molar-refractivity contribution in [2.75, 3.05) is 18.8 Å². The molecule has 1 aliphatic heterocycles. The largest absolute Gasteiger partial charge is 0.444 e. The Morgan fingerprint density at radius 3 is 2.54 bits per heavy atom. The molecule has 204 valence electrons. The van der Waals surface area contributed by atoms with Gasteiger partial charge in [-0.25, -0.2) is 14.8 Å². The molecule has 4 rings (SSSR count). The number of benzene rings is 2. The van der Waals surface area contributed by atoms with Gasteiger partial charge in [0.15, 0.2) is 11.5 Å². The molecule has 4 N–H and O–H groups in total. The lowest BCUT2D eigenvalue weighted by Gasteiger charge is -2.24. The van der Waals surface area contributed by atoms with Crippen LogP contribution in [0.3, 0.4) is 0 Å². The average molecular weight is 531 g/mol. The van der Waals surface area contributed by atoms with Crippen LogP contribution in [0.2, 0.25) is 0 Å². The number of amides is 3. The second kappa shape index (κ2) is 11.5. The molecule has 1 saturated heterocycles. The zero-order valence-electron chi connectivity index (χ0n) is 22.6. The zero-order valence-corrected chi connectivity index (χ0v) is 22.6. The molecule has 0 aliphatic carbocycles. The summed E-state index contributed by atoms with van der Waals surface area (Å²) in [6.07, 6.45) is 1.63. The first-order chi connectivity index (χ1) is 18.5. The molecule has 1 aromatic heterocycles. The second-order valence-corrected chi connectivity index (χ2v) is 10.6. The van der Waals surface area contributed by atoms with Crippen LogP contribution in [0.1, 0.15) is 66.6 Å². The molecule has 3 aromatic rings. The van der Waals surface area contributed by atoms with Gasteiger partial charge in [-0.1, -0.05) is 42.5 Å². The SMILES string of the molecule is C[C@H](NC(=O)c1cccc(-c2cnc(N)c(C(=O)N[C@H]3CCN(C(=O)OC(C)(C)C)C3)n2)c1)c1ccccc1. The Morgan fingerprint density at radius 2 is 1.82 bits per heavy atom. The highest BCUT2D eigenvalue weighted by Gasteiger charge is 2.31. The molecule has 10 nitrogen and oxygen atoms in total. The quantitative estimate of drug-likeness (QED) is 0.438. The van der Waals surface area contributed by atoms with Crippen LogP contribution in [0.4, 0.5) is 10.6 Å². The van der Waals surface area contributed by atoms with E-state index in [9.17, 15) is 14.4 Å². The van der Waals surface area contributed by atoms with E-state index in [1.54, 1.807) is 29.2 Å². The molecule has 0 radical (unpaired) electrons. The number of nitrogens with zero attached hydrogens (tertiary/aromatic N) is 3. The fourth-order valence-corrected chi connectivity index (χ4v) is 4.25. The van der Waals surface area contributed by atoms with Gasteiger partial charge in [0.05, 0.1) is 17.9 Å². The van der Waals surface area contributed by atoms with Crippen molar-refractivity contribution >= 4 is 23.7 Å². The lowest BCUT2D eigenvalue weighted by molar-refractivity contribution is 0.0289. The Kier molecular flexibility index (Phi) is 8.13. The molecule has 1 aliphatic rings. The minimum atomic E-state index is -0.596. The molecular formula is C29H34N6O4. The fraction of sp³-hybridized carbons (Fsp3) is 0.345. The Hall–Kier alpha value is -4.47. The van der Waals surface area contributed by atoms with Crippen LogP contribution in [-0.2, 0) is 4.74 Å². The molecule has 0 unspecified atom stereocenters. The van der Waals surface area contributed by atoms with E-state index in [0.29, 0.717) is 36.3 Å². The number of hydrogen-bond donors (Lipinski definition) is 3. The van der Waals surface area contributed by atoms with E-state index >= 15 is 0 Å². The first-order valence-electron chi connectivity index (χ1n) is 12.9. The topological polar surface area (TPSA) is 140 Å². The number of aromatic nitrogens is 2. The number of likely N-dealkylation sites (tertiary alicyclic amines) is 1. The Labute approximate surface area is 228 Å². The third-order valence-corrected chi connectivity index (χ3v) is 6.26. The van der Waals surface area contributed by atoms with Gasteiger partial charge in [-0.05, 0) is 51.8 Å². The first kappa shape index (κ1) is 27.6. The molecular weight excluding hydrogens is 496 g/mol. The average Bonchev–Trinajstić information content (AvgIpc) is 3.37. The van der Waals surface area contributed by atoms with Gasteiger partial charge in [0, 0.05) is 30.3 Å². The Bertz CT molecular complexity index is 1360. The standard InChI is InChI=1S/C29H34N6O4/c1-18(19-9-6-5-7-10-19)32-26(36)21-12-8-11-20(15-21)23-16-31-25(30)24(34-23)27(37)33-22-13-14-35(17-22)28(38)39-29(2,3)4/h5-12,15-16,18,22H,13-14,17H2,1-4H3,(H2,30,31)(H,32,36)(H,33,37)/t18-,22-/m0/s1. The van der Waals surface area contributed by atoms with Gasteiger partial charge in [0.25, 0.3) is 11.8 Å². The maximum atomic E-state index is 13.0. The number of hydrogen-bond acceptors (Lipinski definition) is 7. The van der Waals surface area contributed by atoms with Crippen molar-refractivity contribution in [2.24, 2.45) is 0 Å². The summed E-state index contributed by atoms with van der Waals surface area (Å²) in [7, 11) is 0. The van der Waals surface area contributed by atoms with Gasteiger partial charge < -0.3 is 26.0 Å². The number of nitrogen functional groups attached to an aromatic ring is 1. The predicted octanol–water partition coefficient (Wildman–Crippen LogP) is 3.96. The fourth-order valence-electron chi connectivity index (χ4n) is 4.25. The minimum absolute atomic E-state index is 0.0103. The van der Waals surface area contributed by atoms with Crippen molar-refractivity contribution in [3.63, 3.8) is 0 Å². The number of rotatable bonds is 6. The van der Waals surface area contributed by atoms with Gasteiger partial charge in [0.2, 0.25) is 0 Å². The normalized spacial score (nSPS) is 15.9. The van der Waals surface area contributed by atoms with Crippen molar-refractivity contribution in [3.05, 3.63) is 77.6 Å². The number of carbonyl (C=O) groups excluding carboxylic acids is 3. The van der Waals surface area contributed by atoms with E-state index in [4.69, 9.17) is 10.5 Å². The molecule has 0 bridgehead atoms. The van der Waals surface area contributed by atoms with Crippen molar-refractivity contribution in [3.8, 4) is 11.3 Å². The third kappa shape index (κ3) is 7.10. The van der Waals surface area contributed by atoms with Crippen LogP contribution >= 0.6 is 0 Å². The third-order valence-electron chi connectivity index (χ3n) is 6.26. The van der Waals surface area contributed by atoms with Crippen molar-refractivity contribution < 1.29 is 19.1 Å². The van der Waals surface area contributed by atoms with Crippen LogP contribution in [0.25, 0.3) is 11.3 Å². The molecule has 2 heterocycles. The molecule has 3 amide bonds. The number of ether oxygens (including phenoxy) is 1. The van der Waals surface area contributed by atoms with Crippen molar-refractivity contribution in [1.82, 2.24) is 25.5 Å². The van der Waals surface area contributed by atoms with Crippen LogP contribution < -0.4 is 16.4 Å². The molecule has 2 atom stereocenters. The molecule has 0 spiro atoms. The van der Waals surface area contributed by atoms with E-state index in [0.717, 1.165) is 5.56 Å². The summed E-state index contributed by atoms with van der Waals surface area (Å²) in [6.45, 7) is 8.14. The summed E-state index contributed by atoms with van der Waals surface area (Å²) in [5, 5.41) is 5.89. The molecule has 10 heteroatoms. The number of anilines is 1. The summed E-state index contributed by atoms with van der Waals surface area (Å²) in [4.78, 5) is 48.5. The molecule has 2 aromatic carbocycles. The van der Waals surface area contributed by atoms with Crippen molar-refractivity contribution in [1.29, 1.82) is 0 Å². The van der Waals surface area contributed by atoms with E-state index in [-0.39, 0.29) is 29.5 Å². The van der Waals surface area contributed by atoms with Gasteiger partial charge in [-0.2, -0.15) is 0 Å². The van der Waals surface area contributed by atoms with Crippen LogP contribution in [0.5, 0.6) is 0 Å². The van der Waals surface area contributed by atoms with Crippen LogP contribution in [0.15, 0.2) is 60.8 Å². The number of carbonyl (C=O) groups is 3. The smallest absolute Gasteiger partial charge is 0.410 e. The van der Waals surface area contributed by atoms with E-state index in [1.165, 1.54) is 6.20 Å². The Balaban J connectivity index is 1.44.